The normalized spacial score (nSPS) is 32.2. The van der Waals surface area contributed by atoms with Crippen molar-refractivity contribution in [1.82, 2.24) is 0 Å². The van der Waals surface area contributed by atoms with Crippen molar-refractivity contribution >= 4 is 0 Å². The predicted molar refractivity (Wildman–Crippen MR) is 69.4 cm³/mol. The zero-order valence-electron chi connectivity index (χ0n) is 11.3. The molecule has 2 N–H and O–H groups in total. The van der Waals surface area contributed by atoms with Crippen molar-refractivity contribution < 1.29 is 13.2 Å². The highest BCUT2D eigenvalue weighted by Gasteiger charge is 2.46. The van der Waals surface area contributed by atoms with Crippen LogP contribution in [0.25, 0.3) is 0 Å². The Kier molecular flexibility index (Phi) is 2.97. The molecule has 0 amide bonds. The van der Waals surface area contributed by atoms with E-state index < -0.39 is 5.92 Å². The minimum absolute atomic E-state index is 0.0833. The lowest BCUT2D eigenvalue weighted by molar-refractivity contribution is -0.0534. The fraction of sp³-hybridized carbons (Fsp3) is 0.733. The van der Waals surface area contributed by atoms with Gasteiger partial charge in [0, 0.05) is 30.7 Å². The van der Waals surface area contributed by atoms with Gasteiger partial charge in [-0.1, -0.05) is 6.92 Å². The zero-order chi connectivity index (χ0) is 13.7. The van der Waals surface area contributed by atoms with Crippen LogP contribution in [0.15, 0.2) is 16.5 Å². The van der Waals surface area contributed by atoms with Crippen LogP contribution in [0, 0.1) is 5.92 Å². The summed E-state index contributed by atoms with van der Waals surface area (Å²) in [6, 6.07) is 3.96. The van der Waals surface area contributed by atoms with Gasteiger partial charge in [0.1, 0.15) is 11.5 Å². The van der Waals surface area contributed by atoms with Gasteiger partial charge in [-0.3, -0.25) is 0 Å². The first-order valence-electron chi connectivity index (χ1n) is 7.14. The summed E-state index contributed by atoms with van der Waals surface area (Å²) < 4.78 is 32.6. The van der Waals surface area contributed by atoms with Crippen LogP contribution in [0.3, 0.4) is 0 Å². The summed E-state index contributed by atoms with van der Waals surface area (Å²) >= 11 is 0. The standard InChI is InChI=1S/C15H21F2NO/c1-10-8-11(10)12-2-3-13(19-12)14(9-18)4-6-15(16,17)7-5-14/h2-3,10-11H,4-9,18H2,1H3. The third-order valence-corrected chi connectivity index (χ3v) is 4.95. The molecule has 0 radical (unpaired) electrons. The van der Waals surface area contributed by atoms with E-state index in [0.29, 0.717) is 31.2 Å². The Morgan fingerprint density at radius 2 is 1.89 bits per heavy atom. The molecule has 0 bridgehead atoms. The van der Waals surface area contributed by atoms with Crippen molar-refractivity contribution in [3.63, 3.8) is 0 Å². The van der Waals surface area contributed by atoms with Crippen molar-refractivity contribution in [2.24, 2.45) is 11.7 Å². The van der Waals surface area contributed by atoms with Crippen LogP contribution in [0.2, 0.25) is 0 Å². The van der Waals surface area contributed by atoms with Crippen molar-refractivity contribution in [3.8, 4) is 0 Å². The fourth-order valence-corrected chi connectivity index (χ4v) is 3.20. The fourth-order valence-electron chi connectivity index (χ4n) is 3.20. The molecular weight excluding hydrogens is 248 g/mol. The van der Waals surface area contributed by atoms with E-state index in [0.717, 1.165) is 11.5 Å². The molecule has 0 aromatic carbocycles. The van der Waals surface area contributed by atoms with E-state index in [1.54, 1.807) is 0 Å². The molecule has 1 heterocycles. The second-order valence-corrected chi connectivity index (χ2v) is 6.36. The van der Waals surface area contributed by atoms with Gasteiger partial charge in [0.05, 0.1) is 0 Å². The highest BCUT2D eigenvalue weighted by Crippen LogP contribution is 2.50. The third-order valence-electron chi connectivity index (χ3n) is 4.95. The van der Waals surface area contributed by atoms with Crippen LogP contribution in [-0.2, 0) is 5.41 Å². The third kappa shape index (κ3) is 2.31. The molecule has 2 saturated carbocycles. The molecule has 2 aliphatic rings. The lowest BCUT2D eigenvalue weighted by atomic mass is 9.71. The van der Waals surface area contributed by atoms with Gasteiger partial charge < -0.3 is 10.2 Å². The average molecular weight is 269 g/mol. The van der Waals surface area contributed by atoms with E-state index >= 15 is 0 Å². The lowest BCUT2D eigenvalue weighted by Crippen LogP contribution is -2.41. The second-order valence-electron chi connectivity index (χ2n) is 6.36. The van der Waals surface area contributed by atoms with Crippen LogP contribution in [-0.4, -0.2) is 12.5 Å². The Morgan fingerprint density at radius 3 is 2.42 bits per heavy atom. The van der Waals surface area contributed by atoms with Gasteiger partial charge in [0.25, 0.3) is 0 Å². The summed E-state index contributed by atoms with van der Waals surface area (Å²) in [5.74, 6) is 0.503. The predicted octanol–water partition coefficient (Wildman–Crippen LogP) is 3.81. The maximum atomic E-state index is 13.3. The molecule has 1 aromatic rings. The molecule has 2 aliphatic carbocycles. The van der Waals surface area contributed by atoms with E-state index in [2.05, 4.69) is 6.92 Å². The van der Waals surface area contributed by atoms with Crippen LogP contribution in [0.1, 0.15) is 56.5 Å². The maximum Gasteiger partial charge on any atom is 0.248 e. The SMILES string of the molecule is CC1CC1c1ccc(C2(CN)CCC(F)(F)CC2)o1. The number of furan rings is 1. The molecule has 1 aromatic heterocycles. The van der Waals surface area contributed by atoms with Crippen LogP contribution >= 0.6 is 0 Å². The summed E-state index contributed by atoms with van der Waals surface area (Å²) in [5.41, 5.74) is 5.51. The molecule has 19 heavy (non-hydrogen) atoms. The van der Waals surface area contributed by atoms with Crippen molar-refractivity contribution in [1.29, 1.82) is 0 Å². The van der Waals surface area contributed by atoms with E-state index in [1.807, 2.05) is 12.1 Å². The number of nitrogens with two attached hydrogens (primary N) is 1. The van der Waals surface area contributed by atoms with Crippen LogP contribution in [0.4, 0.5) is 8.78 Å². The van der Waals surface area contributed by atoms with E-state index in [-0.39, 0.29) is 18.3 Å². The van der Waals surface area contributed by atoms with E-state index in [1.165, 1.54) is 6.42 Å². The zero-order valence-corrected chi connectivity index (χ0v) is 11.3. The Bertz CT molecular complexity index is 458. The summed E-state index contributed by atoms with van der Waals surface area (Å²) in [6.45, 7) is 2.59. The second kappa shape index (κ2) is 4.30. The van der Waals surface area contributed by atoms with Gasteiger partial charge in [-0.2, -0.15) is 0 Å². The van der Waals surface area contributed by atoms with Crippen LogP contribution < -0.4 is 5.73 Å². The number of rotatable bonds is 3. The summed E-state index contributed by atoms with van der Waals surface area (Å²) in [5, 5.41) is 0. The van der Waals surface area contributed by atoms with Gasteiger partial charge in [0.2, 0.25) is 5.92 Å². The minimum Gasteiger partial charge on any atom is -0.465 e. The van der Waals surface area contributed by atoms with Gasteiger partial charge in [-0.15, -0.1) is 0 Å². The topological polar surface area (TPSA) is 39.2 Å². The van der Waals surface area contributed by atoms with E-state index in [9.17, 15) is 8.78 Å². The molecule has 0 aliphatic heterocycles. The quantitative estimate of drug-likeness (QED) is 0.906. The van der Waals surface area contributed by atoms with Gasteiger partial charge in [0.15, 0.2) is 0 Å². The molecule has 2 unspecified atom stereocenters. The van der Waals surface area contributed by atoms with Crippen molar-refractivity contribution in [2.45, 2.75) is 56.3 Å². The number of hydrogen-bond acceptors (Lipinski definition) is 2. The molecule has 0 saturated heterocycles. The highest BCUT2D eigenvalue weighted by atomic mass is 19.3. The summed E-state index contributed by atoms with van der Waals surface area (Å²) in [7, 11) is 0. The smallest absolute Gasteiger partial charge is 0.248 e. The largest absolute Gasteiger partial charge is 0.465 e. The molecule has 0 spiro atoms. The minimum atomic E-state index is -2.53. The number of hydrogen-bond donors (Lipinski definition) is 1. The molecule has 2 fully saturated rings. The van der Waals surface area contributed by atoms with Crippen LogP contribution in [0.5, 0.6) is 0 Å². The van der Waals surface area contributed by atoms with Crippen molar-refractivity contribution in [2.75, 3.05) is 6.54 Å². The Labute approximate surface area is 112 Å². The number of halogens is 2. The van der Waals surface area contributed by atoms with Gasteiger partial charge in [-0.25, -0.2) is 8.78 Å². The monoisotopic (exact) mass is 269 g/mol. The first-order valence-corrected chi connectivity index (χ1v) is 7.14. The molecular formula is C15H21F2NO. The molecule has 106 valence electrons. The average Bonchev–Trinajstić information content (AvgIpc) is 2.91. The summed E-state index contributed by atoms with van der Waals surface area (Å²) in [6.07, 6.45) is 1.84. The first-order chi connectivity index (χ1) is 8.96. The van der Waals surface area contributed by atoms with Crippen molar-refractivity contribution in [3.05, 3.63) is 23.7 Å². The first kappa shape index (κ1) is 13.1. The maximum absolute atomic E-state index is 13.3. The summed E-state index contributed by atoms with van der Waals surface area (Å²) in [4.78, 5) is 0. The Morgan fingerprint density at radius 1 is 1.26 bits per heavy atom. The van der Waals surface area contributed by atoms with Gasteiger partial charge >= 0.3 is 0 Å². The van der Waals surface area contributed by atoms with Gasteiger partial charge in [-0.05, 0) is 37.3 Å². The Balaban J connectivity index is 1.80. The Hall–Kier alpha value is -0.900. The van der Waals surface area contributed by atoms with E-state index in [4.69, 9.17) is 10.2 Å². The lowest BCUT2D eigenvalue weighted by Gasteiger charge is -2.37. The highest BCUT2D eigenvalue weighted by molar-refractivity contribution is 5.24. The molecule has 2 atom stereocenters. The molecule has 3 rings (SSSR count). The molecule has 4 heteroatoms. The number of alkyl halides is 2. The molecule has 2 nitrogen and oxygen atoms in total.